The number of allylic oxidation sites excluding steroid dienone is 2. The van der Waals surface area contributed by atoms with Gasteiger partial charge >= 0.3 is 6.16 Å². The average Bonchev–Trinajstić information content (AvgIpc) is 2.51. The first kappa shape index (κ1) is 13.4. The molecule has 0 aromatic carbocycles. The van der Waals surface area contributed by atoms with Crippen LogP contribution < -0.4 is 4.74 Å². The molecule has 92 valence electrons. The van der Waals surface area contributed by atoms with E-state index in [4.69, 9.17) is 5.11 Å². The molecule has 0 amide bonds. The zero-order valence-corrected chi connectivity index (χ0v) is 10.9. The second-order valence-electron chi connectivity index (χ2n) is 3.45. The summed E-state index contributed by atoms with van der Waals surface area (Å²) in [5.74, 6) is -0.0862. The third-order valence-electron chi connectivity index (χ3n) is 1.88. The number of carboxylic acid groups (broad SMARTS) is 1. The van der Waals surface area contributed by atoms with E-state index in [1.165, 1.54) is 4.57 Å². The first-order chi connectivity index (χ1) is 7.95. The first-order valence-electron chi connectivity index (χ1n) is 4.71. The molecule has 1 N–H and O–H groups in total. The fourth-order valence-corrected chi connectivity index (χ4v) is 1.63. The minimum Gasteiger partial charge on any atom is -0.449 e. The number of hydrogen-bond donors (Lipinski definition) is 1. The number of aldehydes is 1. The highest BCUT2D eigenvalue weighted by Crippen LogP contribution is 2.23. The lowest BCUT2D eigenvalue weighted by atomic mass is 10.3. The summed E-state index contributed by atoms with van der Waals surface area (Å²) in [6.07, 6.45) is 0.816. The van der Waals surface area contributed by atoms with Gasteiger partial charge in [0, 0.05) is 6.54 Å². The number of nitrogens with zero attached hydrogens (tertiary/aromatic N) is 2. The summed E-state index contributed by atoms with van der Waals surface area (Å²) in [5.41, 5.74) is 1.00. The van der Waals surface area contributed by atoms with Crippen molar-refractivity contribution >= 4 is 28.4 Å². The Bertz CT molecular complexity index is 475. The van der Waals surface area contributed by atoms with E-state index in [9.17, 15) is 9.59 Å². The molecule has 0 aliphatic carbocycles. The molecule has 0 radical (unpaired) electrons. The molecule has 6 nitrogen and oxygen atoms in total. The number of halogens is 1. The van der Waals surface area contributed by atoms with Crippen LogP contribution in [0.4, 0.5) is 4.79 Å². The molecule has 0 bridgehead atoms. The second-order valence-corrected chi connectivity index (χ2v) is 4.16. The molecule has 1 heterocycles. The first-order valence-corrected chi connectivity index (χ1v) is 5.50. The second kappa shape index (κ2) is 5.62. The summed E-state index contributed by atoms with van der Waals surface area (Å²) in [5, 5.41) is 8.59. The van der Waals surface area contributed by atoms with Crippen molar-refractivity contribution in [2.75, 3.05) is 0 Å². The van der Waals surface area contributed by atoms with Crippen LogP contribution in [0.3, 0.4) is 0 Å². The van der Waals surface area contributed by atoms with E-state index in [-0.39, 0.29) is 11.6 Å². The van der Waals surface area contributed by atoms with E-state index >= 15 is 0 Å². The number of ether oxygens (including phenoxy) is 1. The van der Waals surface area contributed by atoms with Crippen LogP contribution in [0, 0.1) is 0 Å². The van der Waals surface area contributed by atoms with Crippen LogP contribution in [0.25, 0.3) is 0 Å². The highest BCUT2D eigenvalue weighted by atomic mass is 79.9. The van der Waals surface area contributed by atoms with Gasteiger partial charge in [-0.25, -0.2) is 9.78 Å². The van der Waals surface area contributed by atoms with Crippen molar-refractivity contribution in [2.24, 2.45) is 0 Å². The van der Waals surface area contributed by atoms with E-state index in [1.54, 1.807) is 0 Å². The Labute approximate surface area is 106 Å². The molecule has 0 unspecified atom stereocenters. The predicted octanol–water partition coefficient (Wildman–Crippen LogP) is 2.48. The Kier molecular flexibility index (Phi) is 4.45. The van der Waals surface area contributed by atoms with Crippen molar-refractivity contribution < 1.29 is 19.4 Å². The van der Waals surface area contributed by atoms with E-state index in [2.05, 4.69) is 25.7 Å². The van der Waals surface area contributed by atoms with Crippen LogP contribution in [0.5, 0.6) is 5.88 Å². The van der Waals surface area contributed by atoms with Gasteiger partial charge in [0.15, 0.2) is 16.7 Å². The molecule has 17 heavy (non-hydrogen) atoms. The highest BCUT2D eigenvalue weighted by molar-refractivity contribution is 9.10. The number of carbonyl (C=O) groups excluding carboxylic acids is 1. The van der Waals surface area contributed by atoms with Gasteiger partial charge in [-0.15, -0.1) is 0 Å². The highest BCUT2D eigenvalue weighted by Gasteiger charge is 2.18. The average molecular weight is 303 g/mol. The molecule has 0 aliphatic heterocycles. The summed E-state index contributed by atoms with van der Waals surface area (Å²) in [6, 6.07) is 0. The van der Waals surface area contributed by atoms with Gasteiger partial charge in [-0.1, -0.05) is 11.6 Å². The number of aromatic nitrogens is 2. The van der Waals surface area contributed by atoms with Crippen LogP contribution in [0.2, 0.25) is 0 Å². The lowest BCUT2D eigenvalue weighted by Gasteiger charge is -2.05. The number of hydrogen-bond acceptors (Lipinski definition) is 4. The van der Waals surface area contributed by atoms with Crippen LogP contribution in [0.15, 0.2) is 16.4 Å². The van der Waals surface area contributed by atoms with Crippen molar-refractivity contribution in [2.45, 2.75) is 20.4 Å². The summed E-state index contributed by atoms with van der Waals surface area (Å²) >= 11 is 3.14. The third-order valence-corrected chi connectivity index (χ3v) is 2.48. The van der Waals surface area contributed by atoms with Crippen LogP contribution in [-0.2, 0) is 6.54 Å². The van der Waals surface area contributed by atoms with E-state index < -0.39 is 6.16 Å². The minimum absolute atomic E-state index is 0.0542. The van der Waals surface area contributed by atoms with Gasteiger partial charge in [0.2, 0.25) is 5.88 Å². The molecule has 0 atom stereocenters. The number of carbonyl (C=O) groups is 2. The van der Waals surface area contributed by atoms with Gasteiger partial charge in [-0.05, 0) is 29.8 Å². The standard InChI is InChI=1S/C10H11BrN2O4/c1-6(2)3-4-13-8(17-10(15)16)7(5-14)12-9(13)11/h3,5H,4H2,1-2H3,(H,15,16). The largest absolute Gasteiger partial charge is 0.512 e. The van der Waals surface area contributed by atoms with Crippen LogP contribution in [-0.4, -0.2) is 27.1 Å². The molecular weight excluding hydrogens is 292 g/mol. The Balaban J connectivity index is 3.16. The van der Waals surface area contributed by atoms with Crippen LogP contribution in [0.1, 0.15) is 24.3 Å². The molecule has 0 aliphatic rings. The van der Waals surface area contributed by atoms with Gasteiger partial charge in [-0.3, -0.25) is 9.36 Å². The zero-order valence-electron chi connectivity index (χ0n) is 9.31. The Morgan fingerprint density at radius 3 is 2.71 bits per heavy atom. The van der Waals surface area contributed by atoms with Crippen molar-refractivity contribution in [1.82, 2.24) is 9.55 Å². The van der Waals surface area contributed by atoms with E-state index in [0.717, 1.165) is 5.57 Å². The molecule has 0 saturated carbocycles. The minimum atomic E-state index is -1.49. The third kappa shape index (κ3) is 3.42. The SMILES string of the molecule is CC(C)=CCn1c(Br)nc(C=O)c1OC(=O)O. The van der Waals surface area contributed by atoms with Gasteiger partial charge in [0.1, 0.15) is 0 Å². The fraction of sp³-hybridized carbons (Fsp3) is 0.300. The van der Waals surface area contributed by atoms with Gasteiger partial charge in [0.25, 0.3) is 0 Å². The molecule has 0 spiro atoms. The summed E-state index contributed by atoms with van der Waals surface area (Å²) in [7, 11) is 0. The number of imidazole rings is 1. The van der Waals surface area contributed by atoms with Gasteiger partial charge in [0.05, 0.1) is 0 Å². The molecule has 1 rings (SSSR count). The Morgan fingerprint density at radius 1 is 1.59 bits per heavy atom. The van der Waals surface area contributed by atoms with Gasteiger partial charge < -0.3 is 9.84 Å². The number of rotatable bonds is 4. The quantitative estimate of drug-likeness (QED) is 0.525. The topological polar surface area (TPSA) is 81.4 Å². The molecule has 7 heteroatoms. The Hall–Kier alpha value is -1.63. The molecule has 1 aromatic heterocycles. The van der Waals surface area contributed by atoms with Crippen molar-refractivity contribution in [3.63, 3.8) is 0 Å². The lowest BCUT2D eigenvalue weighted by molar-refractivity contribution is 0.111. The van der Waals surface area contributed by atoms with Crippen molar-refractivity contribution in [1.29, 1.82) is 0 Å². The lowest BCUT2D eigenvalue weighted by Crippen LogP contribution is -2.09. The van der Waals surface area contributed by atoms with E-state index in [1.807, 2.05) is 19.9 Å². The summed E-state index contributed by atoms with van der Waals surface area (Å²) in [6.45, 7) is 4.18. The normalized spacial score (nSPS) is 9.82. The summed E-state index contributed by atoms with van der Waals surface area (Å²) in [4.78, 5) is 25.1. The fourth-order valence-electron chi connectivity index (χ4n) is 1.13. The molecular formula is C10H11BrN2O4. The maximum absolute atomic E-state index is 10.7. The van der Waals surface area contributed by atoms with Gasteiger partial charge in [-0.2, -0.15) is 0 Å². The maximum atomic E-state index is 10.7. The predicted molar refractivity (Wildman–Crippen MR) is 63.4 cm³/mol. The monoisotopic (exact) mass is 302 g/mol. The molecule has 0 fully saturated rings. The van der Waals surface area contributed by atoms with Crippen molar-refractivity contribution in [3.8, 4) is 5.88 Å². The van der Waals surface area contributed by atoms with Crippen molar-refractivity contribution in [3.05, 3.63) is 22.1 Å². The molecule has 0 saturated heterocycles. The smallest absolute Gasteiger partial charge is 0.449 e. The van der Waals surface area contributed by atoms with E-state index in [0.29, 0.717) is 17.6 Å². The zero-order chi connectivity index (χ0) is 13.0. The maximum Gasteiger partial charge on any atom is 0.512 e. The van der Waals surface area contributed by atoms with Crippen LogP contribution >= 0.6 is 15.9 Å². The Morgan fingerprint density at radius 2 is 2.24 bits per heavy atom. The molecule has 1 aromatic rings. The summed E-state index contributed by atoms with van der Waals surface area (Å²) < 4.78 is 6.34.